The molecule has 1 aromatic rings. The van der Waals surface area contributed by atoms with Crippen LogP contribution < -0.4 is 10.5 Å². The number of rotatable bonds is 5. The first-order chi connectivity index (χ1) is 9.15. The van der Waals surface area contributed by atoms with Gasteiger partial charge in [0.05, 0.1) is 4.90 Å². The molecule has 0 aliphatic carbocycles. The normalized spacial score (nSPS) is 11.4. The molecular formula is C12H18FN3O3S. The summed E-state index contributed by atoms with van der Waals surface area (Å²) in [6.45, 7) is 1.30. The van der Waals surface area contributed by atoms with Crippen molar-refractivity contribution in [3.05, 3.63) is 23.5 Å². The van der Waals surface area contributed by atoms with Gasteiger partial charge in [-0.05, 0) is 19.1 Å². The predicted octanol–water partition coefficient (Wildman–Crippen LogP) is 0.473. The Morgan fingerprint density at radius 1 is 1.40 bits per heavy atom. The second kappa shape index (κ2) is 6.19. The number of hydrogen-bond donors (Lipinski definition) is 2. The highest BCUT2D eigenvalue weighted by Crippen LogP contribution is 2.21. The van der Waals surface area contributed by atoms with Crippen molar-refractivity contribution in [3.8, 4) is 0 Å². The van der Waals surface area contributed by atoms with Gasteiger partial charge in [-0.15, -0.1) is 0 Å². The molecule has 0 radical (unpaired) electrons. The molecule has 0 atom stereocenters. The first-order valence-electron chi connectivity index (χ1n) is 5.90. The molecule has 0 bridgehead atoms. The van der Waals surface area contributed by atoms with Crippen LogP contribution in [-0.4, -0.2) is 39.9 Å². The van der Waals surface area contributed by atoms with Crippen molar-refractivity contribution in [2.24, 2.45) is 0 Å². The number of halogens is 1. The van der Waals surface area contributed by atoms with Crippen molar-refractivity contribution in [1.29, 1.82) is 0 Å². The molecule has 1 aromatic carbocycles. The minimum atomic E-state index is -3.90. The molecule has 0 aliphatic heterocycles. The third-order valence-electron chi connectivity index (χ3n) is 2.74. The zero-order valence-corrected chi connectivity index (χ0v) is 12.4. The Hall–Kier alpha value is -1.67. The van der Waals surface area contributed by atoms with Crippen molar-refractivity contribution in [2.45, 2.75) is 18.2 Å². The van der Waals surface area contributed by atoms with E-state index in [9.17, 15) is 17.6 Å². The number of carbonyl (C=O) groups excluding carboxylic acids is 1. The summed E-state index contributed by atoms with van der Waals surface area (Å²) in [6, 6.07) is 2.25. The van der Waals surface area contributed by atoms with E-state index in [-0.39, 0.29) is 35.0 Å². The molecule has 0 saturated heterocycles. The fourth-order valence-electron chi connectivity index (χ4n) is 1.55. The van der Waals surface area contributed by atoms with E-state index in [2.05, 4.69) is 4.72 Å². The number of nitrogen functional groups attached to an aromatic ring is 1. The molecule has 0 saturated carbocycles. The Bertz CT molecular complexity index is 615. The first kappa shape index (κ1) is 16.4. The first-order valence-corrected chi connectivity index (χ1v) is 7.39. The second-order valence-electron chi connectivity index (χ2n) is 4.56. The standard InChI is InChI=1S/C12H18FN3O3S/c1-8-10(13)6-9(14)7-11(8)20(18,19)15-5-4-12(17)16(2)3/h6-7,15H,4-5,14H2,1-3H3. The molecule has 0 unspecified atom stereocenters. The van der Waals surface area contributed by atoms with Crippen LogP contribution in [0.15, 0.2) is 17.0 Å². The van der Waals surface area contributed by atoms with Gasteiger partial charge in [-0.25, -0.2) is 17.5 Å². The molecule has 0 heterocycles. The van der Waals surface area contributed by atoms with Gasteiger partial charge in [0, 0.05) is 38.3 Å². The zero-order chi connectivity index (χ0) is 15.5. The van der Waals surface area contributed by atoms with Gasteiger partial charge in [0.15, 0.2) is 0 Å². The number of benzene rings is 1. The minimum absolute atomic E-state index is 0.00867. The number of amides is 1. The maximum atomic E-state index is 13.5. The van der Waals surface area contributed by atoms with Gasteiger partial charge in [-0.1, -0.05) is 0 Å². The molecule has 1 amide bonds. The van der Waals surface area contributed by atoms with E-state index >= 15 is 0 Å². The summed E-state index contributed by atoms with van der Waals surface area (Å²) in [4.78, 5) is 12.5. The summed E-state index contributed by atoms with van der Waals surface area (Å²) >= 11 is 0. The lowest BCUT2D eigenvalue weighted by Gasteiger charge is -2.12. The van der Waals surface area contributed by atoms with Crippen LogP contribution in [0.25, 0.3) is 0 Å². The number of carbonyl (C=O) groups is 1. The topological polar surface area (TPSA) is 92.5 Å². The maximum Gasteiger partial charge on any atom is 0.241 e. The van der Waals surface area contributed by atoms with Crippen LogP contribution in [0.3, 0.4) is 0 Å². The highest BCUT2D eigenvalue weighted by molar-refractivity contribution is 7.89. The average molecular weight is 303 g/mol. The molecular weight excluding hydrogens is 285 g/mol. The molecule has 0 aliphatic rings. The molecule has 6 nitrogen and oxygen atoms in total. The third kappa shape index (κ3) is 3.91. The summed E-state index contributed by atoms with van der Waals surface area (Å²) in [5, 5.41) is 0. The van der Waals surface area contributed by atoms with Crippen LogP contribution in [0.4, 0.5) is 10.1 Å². The number of nitrogens with zero attached hydrogens (tertiary/aromatic N) is 1. The van der Waals surface area contributed by atoms with Crippen molar-refractivity contribution < 1.29 is 17.6 Å². The Morgan fingerprint density at radius 2 is 2.00 bits per heavy atom. The second-order valence-corrected chi connectivity index (χ2v) is 6.30. The van der Waals surface area contributed by atoms with Gasteiger partial charge < -0.3 is 10.6 Å². The SMILES string of the molecule is Cc1c(F)cc(N)cc1S(=O)(=O)NCCC(=O)N(C)C. The number of nitrogens with one attached hydrogen (secondary N) is 1. The highest BCUT2D eigenvalue weighted by atomic mass is 32.2. The summed E-state index contributed by atoms with van der Waals surface area (Å²) in [7, 11) is -0.743. The lowest BCUT2D eigenvalue weighted by atomic mass is 10.2. The molecule has 3 N–H and O–H groups in total. The van der Waals surface area contributed by atoms with Crippen molar-refractivity contribution in [3.63, 3.8) is 0 Å². The molecule has 0 fully saturated rings. The van der Waals surface area contributed by atoms with Gasteiger partial charge in [-0.3, -0.25) is 4.79 Å². The zero-order valence-electron chi connectivity index (χ0n) is 11.6. The van der Waals surface area contributed by atoms with Crippen LogP contribution in [0, 0.1) is 12.7 Å². The average Bonchev–Trinajstić information content (AvgIpc) is 2.33. The van der Waals surface area contributed by atoms with Crippen LogP contribution in [0.5, 0.6) is 0 Å². The van der Waals surface area contributed by atoms with E-state index in [0.29, 0.717) is 0 Å². The fourth-order valence-corrected chi connectivity index (χ4v) is 2.86. The minimum Gasteiger partial charge on any atom is -0.399 e. The predicted molar refractivity (Wildman–Crippen MR) is 74.0 cm³/mol. The lowest BCUT2D eigenvalue weighted by molar-refractivity contribution is -0.128. The van der Waals surface area contributed by atoms with E-state index in [4.69, 9.17) is 5.73 Å². The number of hydrogen-bond acceptors (Lipinski definition) is 4. The summed E-state index contributed by atoms with van der Waals surface area (Å²) in [5.41, 5.74) is 5.47. The lowest BCUT2D eigenvalue weighted by Crippen LogP contribution is -2.30. The van der Waals surface area contributed by atoms with Gasteiger partial charge in [0.2, 0.25) is 15.9 Å². The van der Waals surface area contributed by atoms with Gasteiger partial charge in [0.25, 0.3) is 0 Å². The molecule has 8 heteroatoms. The van der Waals surface area contributed by atoms with E-state index in [1.807, 2.05) is 0 Å². The molecule has 1 rings (SSSR count). The van der Waals surface area contributed by atoms with Gasteiger partial charge in [-0.2, -0.15) is 0 Å². The van der Waals surface area contributed by atoms with E-state index < -0.39 is 15.8 Å². The summed E-state index contributed by atoms with van der Waals surface area (Å²) < 4.78 is 39.9. The number of sulfonamides is 1. The Labute approximate surface area is 117 Å². The van der Waals surface area contributed by atoms with E-state index in [1.165, 1.54) is 17.9 Å². The molecule has 112 valence electrons. The Kier molecular flexibility index (Phi) is 5.07. The van der Waals surface area contributed by atoms with Gasteiger partial charge in [0.1, 0.15) is 5.82 Å². The number of anilines is 1. The largest absolute Gasteiger partial charge is 0.399 e. The van der Waals surface area contributed by atoms with Crippen molar-refractivity contribution in [2.75, 3.05) is 26.4 Å². The van der Waals surface area contributed by atoms with Crippen molar-refractivity contribution >= 4 is 21.6 Å². The quantitative estimate of drug-likeness (QED) is 0.774. The van der Waals surface area contributed by atoms with Crippen LogP contribution in [0.1, 0.15) is 12.0 Å². The van der Waals surface area contributed by atoms with E-state index in [1.54, 1.807) is 14.1 Å². The Balaban J connectivity index is 2.88. The van der Waals surface area contributed by atoms with Crippen molar-refractivity contribution in [1.82, 2.24) is 9.62 Å². The van der Waals surface area contributed by atoms with Crippen LogP contribution in [0.2, 0.25) is 0 Å². The fraction of sp³-hybridized carbons (Fsp3) is 0.417. The third-order valence-corrected chi connectivity index (χ3v) is 4.33. The van der Waals surface area contributed by atoms with E-state index in [0.717, 1.165) is 6.07 Å². The smallest absolute Gasteiger partial charge is 0.241 e. The number of nitrogens with two attached hydrogens (primary N) is 1. The summed E-state index contributed by atoms with van der Waals surface area (Å²) in [6.07, 6.45) is 0.0239. The maximum absolute atomic E-state index is 13.5. The van der Waals surface area contributed by atoms with Gasteiger partial charge >= 0.3 is 0 Å². The summed E-state index contributed by atoms with van der Waals surface area (Å²) in [5.74, 6) is -0.891. The van der Waals surface area contributed by atoms with Crippen LogP contribution in [-0.2, 0) is 14.8 Å². The molecule has 20 heavy (non-hydrogen) atoms. The monoisotopic (exact) mass is 303 g/mol. The Morgan fingerprint density at radius 3 is 2.55 bits per heavy atom. The molecule has 0 spiro atoms. The highest BCUT2D eigenvalue weighted by Gasteiger charge is 2.20. The van der Waals surface area contributed by atoms with Crippen LogP contribution >= 0.6 is 0 Å². The molecule has 0 aromatic heterocycles.